The first-order valence-electron chi connectivity index (χ1n) is 6.27. The van der Waals surface area contributed by atoms with Crippen molar-refractivity contribution >= 4 is 0 Å². The third kappa shape index (κ3) is 2.21. The first-order chi connectivity index (χ1) is 8.10. The van der Waals surface area contributed by atoms with E-state index in [2.05, 4.69) is 0 Å². The molecule has 17 heavy (non-hydrogen) atoms. The van der Waals surface area contributed by atoms with Crippen LogP contribution in [-0.4, -0.2) is 22.9 Å². The Bertz CT molecular complexity index is 398. The van der Waals surface area contributed by atoms with Gasteiger partial charge in [-0.05, 0) is 24.8 Å². The van der Waals surface area contributed by atoms with Crippen molar-refractivity contribution in [3.05, 3.63) is 35.9 Å². The van der Waals surface area contributed by atoms with Crippen molar-refractivity contribution in [3.63, 3.8) is 0 Å². The molecule has 1 spiro atoms. The first kappa shape index (κ1) is 11.1. The second-order valence-corrected chi connectivity index (χ2v) is 5.42. The van der Waals surface area contributed by atoms with E-state index in [0.717, 1.165) is 18.4 Å². The molecular weight excluding hydrogens is 220 g/mol. The molecule has 92 valence electrons. The molecule has 1 saturated carbocycles. The summed E-state index contributed by atoms with van der Waals surface area (Å²) in [6, 6.07) is 9.93. The van der Waals surface area contributed by atoms with Gasteiger partial charge in [-0.2, -0.15) is 0 Å². The molecule has 1 saturated heterocycles. The molecule has 0 unspecified atom stereocenters. The first-order valence-corrected chi connectivity index (χ1v) is 6.27. The lowest BCUT2D eigenvalue weighted by molar-refractivity contribution is -0.0919. The molecule has 0 bridgehead atoms. The van der Waals surface area contributed by atoms with Crippen molar-refractivity contribution in [2.24, 2.45) is 0 Å². The van der Waals surface area contributed by atoms with E-state index in [4.69, 9.17) is 0 Å². The maximum atomic E-state index is 13.5. The zero-order valence-corrected chi connectivity index (χ0v) is 9.83. The Hall–Kier alpha value is -0.960. The van der Waals surface area contributed by atoms with E-state index in [1.165, 1.54) is 0 Å². The summed E-state index contributed by atoms with van der Waals surface area (Å²) < 4.78 is 27.0. The van der Waals surface area contributed by atoms with Gasteiger partial charge in [0.15, 0.2) is 0 Å². The molecule has 0 N–H and O–H groups in total. The highest BCUT2D eigenvalue weighted by atomic mass is 19.3. The summed E-state index contributed by atoms with van der Waals surface area (Å²) in [5.74, 6) is -2.50. The standard InChI is InChI=1S/C14H17F2N/c15-14(16)9-8-13(6-7-13)17(11-14)10-12-4-2-1-3-5-12/h1-5H,6-11H2. The van der Waals surface area contributed by atoms with Crippen LogP contribution in [-0.2, 0) is 6.54 Å². The molecule has 1 aliphatic carbocycles. The Morgan fingerprint density at radius 3 is 2.29 bits per heavy atom. The summed E-state index contributed by atoms with van der Waals surface area (Å²) in [4.78, 5) is 2.01. The van der Waals surface area contributed by atoms with Gasteiger partial charge in [0, 0.05) is 18.5 Å². The number of benzene rings is 1. The topological polar surface area (TPSA) is 3.24 Å². The van der Waals surface area contributed by atoms with Crippen LogP contribution in [0.25, 0.3) is 0 Å². The van der Waals surface area contributed by atoms with Gasteiger partial charge in [0.2, 0.25) is 0 Å². The third-order valence-corrected chi connectivity index (χ3v) is 4.09. The SMILES string of the molecule is FC1(F)CCC2(CC2)N(Cc2ccccc2)C1. The van der Waals surface area contributed by atoms with Crippen LogP contribution < -0.4 is 0 Å². The van der Waals surface area contributed by atoms with Gasteiger partial charge in [0.05, 0.1) is 6.54 Å². The average Bonchev–Trinajstić information content (AvgIpc) is 3.07. The number of hydrogen-bond donors (Lipinski definition) is 0. The van der Waals surface area contributed by atoms with Gasteiger partial charge in [0.1, 0.15) is 0 Å². The fourth-order valence-corrected chi connectivity index (χ4v) is 2.84. The molecule has 0 atom stereocenters. The largest absolute Gasteiger partial charge is 0.287 e. The summed E-state index contributed by atoms with van der Waals surface area (Å²) in [6.07, 6.45) is 2.91. The van der Waals surface area contributed by atoms with Crippen LogP contribution in [0.5, 0.6) is 0 Å². The van der Waals surface area contributed by atoms with Gasteiger partial charge in [-0.1, -0.05) is 30.3 Å². The van der Waals surface area contributed by atoms with Crippen LogP contribution in [0.2, 0.25) is 0 Å². The average molecular weight is 237 g/mol. The predicted octanol–water partition coefficient (Wildman–Crippen LogP) is 3.45. The number of halogens is 2. The summed E-state index contributed by atoms with van der Waals surface area (Å²) >= 11 is 0. The van der Waals surface area contributed by atoms with Gasteiger partial charge >= 0.3 is 0 Å². The van der Waals surface area contributed by atoms with Crippen molar-refractivity contribution in [1.29, 1.82) is 0 Å². The lowest BCUT2D eigenvalue weighted by atomic mass is 9.96. The monoisotopic (exact) mass is 237 g/mol. The third-order valence-electron chi connectivity index (χ3n) is 4.09. The Labute approximate surface area is 100 Å². The zero-order valence-electron chi connectivity index (χ0n) is 9.83. The van der Waals surface area contributed by atoms with E-state index in [0.29, 0.717) is 13.0 Å². The van der Waals surface area contributed by atoms with Crippen LogP contribution in [0.15, 0.2) is 30.3 Å². The minimum Gasteiger partial charge on any atom is -0.287 e. The minimum absolute atomic E-state index is 0.0676. The highest BCUT2D eigenvalue weighted by molar-refractivity contribution is 5.17. The summed E-state index contributed by atoms with van der Waals surface area (Å²) in [5, 5.41) is 0. The van der Waals surface area contributed by atoms with E-state index in [-0.39, 0.29) is 18.5 Å². The molecule has 3 rings (SSSR count). The second-order valence-electron chi connectivity index (χ2n) is 5.42. The van der Waals surface area contributed by atoms with Crippen LogP contribution in [0.1, 0.15) is 31.2 Å². The van der Waals surface area contributed by atoms with Crippen LogP contribution >= 0.6 is 0 Å². The highest BCUT2D eigenvalue weighted by Crippen LogP contribution is 2.51. The lowest BCUT2D eigenvalue weighted by Gasteiger charge is -2.40. The Balaban J connectivity index is 1.76. The Morgan fingerprint density at radius 1 is 1.00 bits per heavy atom. The maximum absolute atomic E-state index is 13.5. The van der Waals surface area contributed by atoms with E-state index < -0.39 is 5.92 Å². The lowest BCUT2D eigenvalue weighted by Crippen LogP contribution is -2.49. The van der Waals surface area contributed by atoms with Crippen molar-refractivity contribution in [2.75, 3.05) is 6.54 Å². The Morgan fingerprint density at radius 2 is 1.65 bits per heavy atom. The highest BCUT2D eigenvalue weighted by Gasteiger charge is 2.54. The van der Waals surface area contributed by atoms with Crippen LogP contribution in [0.4, 0.5) is 8.78 Å². The molecule has 2 aliphatic rings. The number of likely N-dealkylation sites (tertiary alicyclic amines) is 1. The van der Waals surface area contributed by atoms with E-state index in [1.807, 2.05) is 35.2 Å². The number of hydrogen-bond acceptors (Lipinski definition) is 1. The van der Waals surface area contributed by atoms with Crippen molar-refractivity contribution in [3.8, 4) is 0 Å². The number of nitrogens with zero attached hydrogens (tertiary/aromatic N) is 1. The van der Waals surface area contributed by atoms with Gasteiger partial charge < -0.3 is 0 Å². The quantitative estimate of drug-likeness (QED) is 0.761. The fraction of sp³-hybridized carbons (Fsp3) is 0.571. The number of rotatable bonds is 2. The Kier molecular flexibility index (Phi) is 2.47. The molecule has 1 aromatic rings. The summed E-state index contributed by atoms with van der Waals surface area (Å²) in [7, 11) is 0. The normalized spacial score (nSPS) is 26.0. The van der Waals surface area contributed by atoms with Gasteiger partial charge in [0.25, 0.3) is 5.92 Å². The summed E-state index contributed by atoms with van der Waals surface area (Å²) in [6.45, 7) is 0.596. The summed E-state index contributed by atoms with van der Waals surface area (Å²) in [5.41, 5.74) is 1.24. The fourth-order valence-electron chi connectivity index (χ4n) is 2.84. The molecule has 1 aromatic carbocycles. The molecule has 1 aliphatic heterocycles. The van der Waals surface area contributed by atoms with E-state index >= 15 is 0 Å². The van der Waals surface area contributed by atoms with E-state index in [1.54, 1.807) is 0 Å². The maximum Gasteiger partial charge on any atom is 0.260 e. The molecule has 1 nitrogen and oxygen atoms in total. The van der Waals surface area contributed by atoms with Gasteiger partial charge in [-0.25, -0.2) is 8.78 Å². The predicted molar refractivity (Wildman–Crippen MR) is 63.0 cm³/mol. The number of piperidine rings is 1. The molecule has 0 amide bonds. The van der Waals surface area contributed by atoms with Crippen molar-refractivity contribution in [2.45, 2.75) is 43.7 Å². The van der Waals surface area contributed by atoms with Gasteiger partial charge in [-0.3, -0.25) is 4.90 Å². The molecule has 0 radical (unpaired) electrons. The van der Waals surface area contributed by atoms with Crippen molar-refractivity contribution < 1.29 is 8.78 Å². The minimum atomic E-state index is -2.50. The molecule has 3 heteroatoms. The van der Waals surface area contributed by atoms with E-state index in [9.17, 15) is 8.78 Å². The molecule has 1 heterocycles. The van der Waals surface area contributed by atoms with Crippen LogP contribution in [0, 0.1) is 0 Å². The van der Waals surface area contributed by atoms with Crippen LogP contribution in [0.3, 0.4) is 0 Å². The second kappa shape index (κ2) is 3.77. The van der Waals surface area contributed by atoms with Crippen molar-refractivity contribution in [1.82, 2.24) is 4.90 Å². The molecular formula is C14H17F2N. The smallest absolute Gasteiger partial charge is 0.260 e. The van der Waals surface area contributed by atoms with Gasteiger partial charge in [-0.15, -0.1) is 0 Å². The molecule has 0 aromatic heterocycles. The zero-order chi connectivity index (χ0) is 11.9. The molecule has 2 fully saturated rings. The number of alkyl halides is 2.